The number of ketones is 1. The number of aromatic nitrogens is 2. The van der Waals surface area contributed by atoms with Crippen LogP contribution in [-0.4, -0.2) is 21.5 Å². The van der Waals surface area contributed by atoms with Gasteiger partial charge in [0.2, 0.25) is 5.91 Å². The number of para-hydroxylation sites is 1. The minimum absolute atomic E-state index is 0.0879. The maximum Gasteiger partial charge on any atom is 0.248 e. The lowest BCUT2D eigenvalue weighted by atomic mass is 10.1. The van der Waals surface area contributed by atoms with Crippen molar-refractivity contribution in [3.63, 3.8) is 0 Å². The first-order valence-corrected chi connectivity index (χ1v) is 12.6. The third kappa shape index (κ3) is 6.07. The average Bonchev–Trinajstić information content (AvgIpc) is 3.62. The van der Waals surface area contributed by atoms with E-state index >= 15 is 0 Å². The van der Waals surface area contributed by atoms with Crippen molar-refractivity contribution >= 4 is 40.9 Å². The Hall–Kier alpha value is -4.81. The molecule has 0 saturated heterocycles. The van der Waals surface area contributed by atoms with Crippen molar-refractivity contribution in [2.45, 2.75) is 0 Å². The van der Waals surface area contributed by atoms with Crippen LogP contribution in [0, 0.1) is 0 Å². The van der Waals surface area contributed by atoms with Crippen molar-refractivity contribution in [3.8, 4) is 16.9 Å². The Morgan fingerprint density at radius 3 is 2.22 bits per heavy atom. The van der Waals surface area contributed by atoms with Crippen LogP contribution in [0.4, 0.5) is 5.69 Å². The molecule has 5 rings (SSSR count). The van der Waals surface area contributed by atoms with Crippen LogP contribution in [0.15, 0.2) is 121 Å². The number of rotatable bonds is 8. The van der Waals surface area contributed by atoms with Gasteiger partial charge < -0.3 is 5.32 Å². The van der Waals surface area contributed by atoms with Crippen molar-refractivity contribution in [2.24, 2.45) is 0 Å². The van der Waals surface area contributed by atoms with Crippen LogP contribution in [0.3, 0.4) is 0 Å². The third-order valence-corrected chi connectivity index (χ3v) is 6.44. The Morgan fingerprint density at radius 1 is 0.784 bits per heavy atom. The molecule has 0 aliphatic heterocycles. The number of carbonyl (C=O) groups excluding carboxylic acids is 2. The number of amides is 1. The summed E-state index contributed by atoms with van der Waals surface area (Å²) in [6, 6.07) is 30.5. The van der Waals surface area contributed by atoms with E-state index in [4.69, 9.17) is 5.10 Å². The Labute approximate surface area is 219 Å². The molecule has 1 amide bonds. The van der Waals surface area contributed by atoms with Gasteiger partial charge >= 0.3 is 0 Å². The summed E-state index contributed by atoms with van der Waals surface area (Å²) in [4.78, 5) is 26.1. The van der Waals surface area contributed by atoms with Crippen molar-refractivity contribution in [2.75, 3.05) is 5.32 Å². The molecule has 0 spiro atoms. The second kappa shape index (κ2) is 11.3. The first-order valence-electron chi connectivity index (χ1n) is 11.7. The zero-order valence-electron chi connectivity index (χ0n) is 19.8. The highest BCUT2D eigenvalue weighted by Gasteiger charge is 2.11. The highest BCUT2D eigenvalue weighted by Crippen LogP contribution is 2.25. The molecule has 5 nitrogen and oxygen atoms in total. The Balaban J connectivity index is 1.29. The topological polar surface area (TPSA) is 64.0 Å². The predicted molar refractivity (Wildman–Crippen MR) is 151 cm³/mol. The van der Waals surface area contributed by atoms with Gasteiger partial charge in [-0.25, -0.2) is 4.68 Å². The van der Waals surface area contributed by atoms with Crippen molar-refractivity contribution in [3.05, 3.63) is 137 Å². The number of hydrogen-bond donors (Lipinski definition) is 1. The van der Waals surface area contributed by atoms with Gasteiger partial charge in [-0.3, -0.25) is 9.59 Å². The molecular weight excluding hydrogens is 478 g/mol. The van der Waals surface area contributed by atoms with Crippen LogP contribution >= 0.6 is 11.3 Å². The molecule has 0 unspecified atom stereocenters. The second-order valence-electron chi connectivity index (χ2n) is 8.19. The van der Waals surface area contributed by atoms with Gasteiger partial charge in [-0.05, 0) is 66.1 Å². The van der Waals surface area contributed by atoms with E-state index in [2.05, 4.69) is 5.32 Å². The van der Waals surface area contributed by atoms with E-state index in [0.29, 0.717) is 11.3 Å². The summed E-state index contributed by atoms with van der Waals surface area (Å²) in [7, 11) is 0. The minimum atomic E-state index is -0.275. The van der Waals surface area contributed by atoms with Crippen LogP contribution in [0.2, 0.25) is 0 Å². The fourth-order valence-corrected chi connectivity index (χ4v) is 4.37. The first kappa shape index (κ1) is 23.9. The summed E-state index contributed by atoms with van der Waals surface area (Å²) in [5.74, 6) is -0.363. The fourth-order valence-electron chi connectivity index (χ4n) is 3.75. The van der Waals surface area contributed by atoms with E-state index in [0.717, 1.165) is 27.4 Å². The van der Waals surface area contributed by atoms with E-state index in [-0.39, 0.29) is 11.7 Å². The van der Waals surface area contributed by atoms with Gasteiger partial charge in [0, 0.05) is 39.5 Å². The largest absolute Gasteiger partial charge is 0.323 e. The maximum atomic E-state index is 12.7. The first-order chi connectivity index (χ1) is 18.2. The Bertz CT molecular complexity index is 1550. The maximum absolute atomic E-state index is 12.7. The lowest BCUT2D eigenvalue weighted by Crippen LogP contribution is -2.07. The van der Waals surface area contributed by atoms with Gasteiger partial charge in [0.1, 0.15) is 0 Å². The molecule has 37 heavy (non-hydrogen) atoms. The molecule has 180 valence electrons. The summed E-state index contributed by atoms with van der Waals surface area (Å²) in [6.07, 6.45) is 8.52. The number of carbonyl (C=O) groups is 2. The molecule has 0 fully saturated rings. The van der Waals surface area contributed by atoms with Gasteiger partial charge in [-0.2, -0.15) is 5.10 Å². The van der Waals surface area contributed by atoms with Crippen LogP contribution in [0.25, 0.3) is 29.1 Å². The number of thiophene rings is 1. The number of anilines is 1. The minimum Gasteiger partial charge on any atom is -0.323 e. The summed E-state index contributed by atoms with van der Waals surface area (Å²) in [6.45, 7) is 0. The lowest BCUT2D eigenvalue weighted by molar-refractivity contribution is -0.111. The molecule has 1 N–H and O–H groups in total. The van der Waals surface area contributed by atoms with Gasteiger partial charge in [-0.1, -0.05) is 54.6 Å². The van der Waals surface area contributed by atoms with Crippen molar-refractivity contribution < 1.29 is 9.59 Å². The fraction of sp³-hybridized carbons (Fsp3) is 0. The van der Waals surface area contributed by atoms with Crippen molar-refractivity contribution in [1.82, 2.24) is 9.78 Å². The molecule has 0 aliphatic rings. The van der Waals surface area contributed by atoms with Crippen molar-refractivity contribution in [1.29, 1.82) is 0 Å². The molecular formula is C31H23N3O2S. The molecule has 6 heteroatoms. The van der Waals surface area contributed by atoms with Gasteiger partial charge in [-0.15, -0.1) is 11.3 Å². The summed E-state index contributed by atoms with van der Waals surface area (Å²) < 4.78 is 1.81. The SMILES string of the molecule is O=C(/C=C/c1cn(-c2ccccc2)nc1-c1ccccc1)Nc1ccc(C(=O)/C=C/c2cccs2)cc1. The summed E-state index contributed by atoms with van der Waals surface area (Å²) >= 11 is 1.57. The quantitative estimate of drug-likeness (QED) is 0.181. The average molecular weight is 502 g/mol. The van der Waals surface area contributed by atoms with Gasteiger partial charge in [0.15, 0.2) is 5.78 Å². The molecule has 0 atom stereocenters. The van der Waals surface area contributed by atoms with Crippen LogP contribution in [0.1, 0.15) is 20.8 Å². The van der Waals surface area contributed by atoms with E-state index < -0.39 is 0 Å². The molecule has 0 saturated carbocycles. The highest BCUT2D eigenvalue weighted by molar-refractivity contribution is 7.10. The van der Waals surface area contributed by atoms with Gasteiger partial charge in [0.25, 0.3) is 0 Å². The molecule has 0 bridgehead atoms. The van der Waals surface area contributed by atoms with E-state index in [1.165, 1.54) is 6.08 Å². The van der Waals surface area contributed by atoms with E-state index in [1.54, 1.807) is 53.8 Å². The predicted octanol–water partition coefficient (Wildman–Crippen LogP) is 7.15. The number of hydrogen-bond acceptors (Lipinski definition) is 4. The zero-order chi connectivity index (χ0) is 25.5. The smallest absolute Gasteiger partial charge is 0.248 e. The third-order valence-electron chi connectivity index (χ3n) is 5.60. The number of benzene rings is 3. The molecule has 2 aromatic heterocycles. The number of nitrogens with zero attached hydrogens (tertiary/aromatic N) is 2. The monoisotopic (exact) mass is 501 g/mol. The number of nitrogens with one attached hydrogen (secondary N) is 1. The van der Waals surface area contributed by atoms with E-state index in [1.807, 2.05) is 89.1 Å². The number of allylic oxidation sites excluding steroid dienone is 1. The Morgan fingerprint density at radius 2 is 1.51 bits per heavy atom. The second-order valence-corrected chi connectivity index (χ2v) is 9.17. The Kier molecular flexibility index (Phi) is 7.29. The summed E-state index contributed by atoms with van der Waals surface area (Å²) in [5, 5.41) is 9.58. The van der Waals surface area contributed by atoms with E-state index in [9.17, 15) is 9.59 Å². The highest BCUT2D eigenvalue weighted by atomic mass is 32.1. The molecule has 0 aliphatic carbocycles. The molecule has 5 aromatic rings. The normalized spacial score (nSPS) is 11.2. The standard InChI is InChI=1S/C31H23N3O2S/c35-29(19-18-28-12-7-21-37-28)23-13-16-26(17-14-23)32-30(36)20-15-25-22-34(27-10-5-2-6-11-27)33-31(25)24-8-3-1-4-9-24/h1-22H,(H,32,36)/b19-18+,20-15+. The lowest BCUT2D eigenvalue weighted by Gasteiger charge is -2.03. The molecule has 3 aromatic carbocycles. The summed E-state index contributed by atoms with van der Waals surface area (Å²) in [5.41, 5.74) is 4.67. The molecule has 2 heterocycles. The van der Waals surface area contributed by atoms with Crippen LogP contribution in [0.5, 0.6) is 0 Å². The molecule has 0 radical (unpaired) electrons. The van der Waals surface area contributed by atoms with Crippen LogP contribution < -0.4 is 5.32 Å². The van der Waals surface area contributed by atoms with Gasteiger partial charge in [0.05, 0.1) is 11.4 Å². The zero-order valence-corrected chi connectivity index (χ0v) is 20.6. The van der Waals surface area contributed by atoms with Crippen LogP contribution in [-0.2, 0) is 4.79 Å².